The molecule has 0 unspecified atom stereocenters. The average Bonchev–Trinajstić information content (AvgIpc) is 3.00. The molecule has 3 rings (SSSR count). The van der Waals surface area contributed by atoms with E-state index in [1.807, 2.05) is 0 Å². The summed E-state index contributed by atoms with van der Waals surface area (Å²) in [5.74, 6) is 0. The van der Waals surface area contributed by atoms with E-state index in [4.69, 9.17) is 0 Å². The fourth-order valence-electron chi connectivity index (χ4n) is 2.18. The third-order valence-electron chi connectivity index (χ3n) is 3.06. The lowest BCUT2D eigenvalue weighted by Crippen LogP contribution is -2.22. The molecule has 2 aromatic rings. The van der Waals surface area contributed by atoms with Crippen LogP contribution >= 0.6 is 38.6 Å². The molecular formula is C12H12BrNO2S3. The van der Waals surface area contributed by atoms with Crippen molar-refractivity contribution in [2.75, 3.05) is 0 Å². The van der Waals surface area contributed by atoms with Gasteiger partial charge in [0, 0.05) is 20.8 Å². The second kappa shape index (κ2) is 5.29. The Hall–Kier alpha value is -0.210. The smallest absolute Gasteiger partial charge is 0.206 e. The Labute approximate surface area is 128 Å². The highest BCUT2D eigenvalue weighted by Gasteiger charge is 2.20. The molecule has 0 atom stereocenters. The third-order valence-corrected chi connectivity index (χ3v) is 8.37. The van der Waals surface area contributed by atoms with Gasteiger partial charge in [-0.1, -0.05) is 0 Å². The van der Waals surface area contributed by atoms with Crippen LogP contribution in [0.5, 0.6) is 0 Å². The Kier molecular flexibility index (Phi) is 3.83. The molecule has 1 N–H and O–H groups in total. The van der Waals surface area contributed by atoms with Gasteiger partial charge in [-0.3, -0.25) is 0 Å². The van der Waals surface area contributed by atoms with Gasteiger partial charge in [-0.25, -0.2) is 13.1 Å². The molecule has 0 aromatic carbocycles. The Morgan fingerprint density at radius 2 is 2.21 bits per heavy atom. The predicted molar refractivity (Wildman–Crippen MR) is 82.4 cm³/mol. The van der Waals surface area contributed by atoms with Crippen LogP contribution in [0.2, 0.25) is 0 Å². The van der Waals surface area contributed by atoms with Crippen molar-refractivity contribution in [3.8, 4) is 0 Å². The molecule has 0 aliphatic heterocycles. The largest absolute Gasteiger partial charge is 0.251 e. The molecule has 2 aromatic heterocycles. The number of halogens is 1. The molecule has 0 fully saturated rings. The zero-order valence-corrected chi connectivity index (χ0v) is 14.0. The van der Waals surface area contributed by atoms with Crippen LogP contribution in [0.3, 0.4) is 0 Å². The van der Waals surface area contributed by atoms with E-state index in [0.717, 1.165) is 17.7 Å². The second-order valence-electron chi connectivity index (χ2n) is 4.40. The molecule has 1 aliphatic rings. The van der Waals surface area contributed by atoms with Gasteiger partial charge in [0.15, 0.2) is 0 Å². The van der Waals surface area contributed by atoms with E-state index in [-0.39, 0.29) is 0 Å². The summed E-state index contributed by atoms with van der Waals surface area (Å²) in [7, 11) is -3.41. The summed E-state index contributed by atoms with van der Waals surface area (Å²) in [6.07, 6.45) is 3.51. The van der Waals surface area contributed by atoms with Crippen molar-refractivity contribution < 1.29 is 8.42 Å². The molecule has 0 amide bonds. The first kappa shape index (κ1) is 13.8. The number of fused-ring (bicyclic) bond motifs is 1. The highest BCUT2D eigenvalue weighted by molar-refractivity contribution is 9.10. The molecule has 0 radical (unpaired) electrons. The fourth-order valence-corrected chi connectivity index (χ4v) is 6.86. The lowest BCUT2D eigenvalue weighted by molar-refractivity contribution is 0.583. The Bertz CT molecular complexity index is 681. The van der Waals surface area contributed by atoms with Gasteiger partial charge in [-0.2, -0.15) is 0 Å². The van der Waals surface area contributed by atoms with Crippen molar-refractivity contribution in [3.63, 3.8) is 0 Å². The van der Waals surface area contributed by atoms with Crippen molar-refractivity contribution in [2.24, 2.45) is 0 Å². The van der Waals surface area contributed by atoms with Crippen LogP contribution < -0.4 is 4.72 Å². The molecule has 19 heavy (non-hydrogen) atoms. The lowest BCUT2D eigenvalue weighted by atomic mass is 10.2. The van der Waals surface area contributed by atoms with Crippen molar-refractivity contribution >= 4 is 48.6 Å². The summed E-state index contributed by atoms with van der Waals surface area (Å²) in [5, 5.41) is 1.76. The molecule has 2 heterocycles. The molecule has 0 spiro atoms. The minimum atomic E-state index is -3.41. The standard InChI is InChI=1S/C12H12BrNO2S3/c13-10-4-5-17-12(10)19(15,16)14-7-9-6-8-2-1-3-11(8)18-9/h4-6,14H,1-3,7H2. The Morgan fingerprint density at radius 1 is 1.37 bits per heavy atom. The maximum atomic E-state index is 12.1. The molecule has 1 aliphatic carbocycles. The van der Waals surface area contributed by atoms with Gasteiger partial charge in [-0.05, 0) is 58.3 Å². The van der Waals surface area contributed by atoms with E-state index >= 15 is 0 Å². The average molecular weight is 378 g/mol. The highest BCUT2D eigenvalue weighted by Crippen LogP contribution is 2.31. The van der Waals surface area contributed by atoms with Crippen LogP contribution in [0.4, 0.5) is 0 Å². The van der Waals surface area contributed by atoms with Crippen molar-refractivity contribution in [3.05, 3.63) is 37.3 Å². The van der Waals surface area contributed by atoms with E-state index in [1.165, 1.54) is 28.2 Å². The summed E-state index contributed by atoms with van der Waals surface area (Å²) in [4.78, 5) is 2.52. The van der Waals surface area contributed by atoms with E-state index < -0.39 is 10.0 Å². The van der Waals surface area contributed by atoms with Crippen LogP contribution in [-0.2, 0) is 29.4 Å². The lowest BCUT2D eigenvalue weighted by Gasteiger charge is -2.04. The monoisotopic (exact) mass is 377 g/mol. The van der Waals surface area contributed by atoms with Crippen LogP contribution in [0.1, 0.15) is 21.7 Å². The number of hydrogen-bond acceptors (Lipinski definition) is 4. The molecule has 0 saturated carbocycles. The molecule has 3 nitrogen and oxygen atoms in total. The maximum Gasteiger partial charge on any atom is 0.251 e. The van der Waals surface area contributed by atoms with Crippen LogP contribution in [0, 0.1) is 0 Å². The topological polar surface area (TPSA) is 46.2 Å². The number of nitrogens with one attached hydrogen (secondary N) is 1. The first-order chi connectivity index (χ1) is 9.06. The maximum absolute atomic E-state index is 12.1. The SMILES string of the molecule is O=S(=O)(NCc1cc2c(s1)CCC2)c1sccc1Br. The number of hydrogen-bond donors (Lipinski definition) is 1. The van der Waals surface area contributed by atoms with Crippen molar-refractivity contribution in [1.82, 2.24) is 4.72 Å². The fraction of sp³-hybridized carbons (Fsp3) is 0.333. The van der Waals surface area contributed by atoms with Gasteiger partial charge in [0.25, 0.3) is 10.0 Å². The van der Waals surface area contributed by atoms with Gasteiger partial charge in [0.05, 0.1) is 0 Å². The van der Waals surface area contributed by atoms with Crippen LogP contribution in [0.15, 0.2) is 26.2 Å². The molecular weight excluding hydrogens is 366 g/mol. The molecule has 102 valence electrons. The van der Waals surface area contributed by atoms with E-state index in [9.17, 15) is 8.42 Å². The summed E-state index contributed by atoms with van der Waals surface area (Å²) < 4.78 is 27.9. The molecule has 0 saturated heterocycles. The summed E-state index contributed by atoms with van der Waals surface area (Å²) in [5.41, 5.74) is 1.40. The third kappa shape index (κ3) is 2.80. The highest BCUT2D eigenvalue weighted by atomic mass is 79.9. The molecule has 7 heteroatoms. The summed E-state index contributed by atoms with van der Waals surface area (Å²) in [6, 6.07) is 3.89. The van der Waals surface area contributed by atoms with Crippen molar-refractivity contribution in [1.29, 1.82) is 0 Å². The number of rotatable bonds is 4. The first-order valence-corrected chi connectivity index (χ1v) is 9.86. The number of thiophene rings is 2. The predicted octanol–water partition coefficient (Wildman–Crippen LogP) is 3.54. The Morgan fingerprint density at radius 3 is 2.89 bits per heavy atom. The first-order valence-electron chi connectivity index (χ1n) is 5.89. The van der Waals surface area contributed by atoms with E-state index in [0.29, 0.717) is 15.2 Å². The number of sulfonamides is 1. The Balaban J connectivity index is 1.73. The van der Waals surface area contributed by atoms with Gasteiger partial charge in [0.1, 0.15) is 4.21 Å². The molecule has 0 bridgehead atoms. The summed E-state index contributed by atoms with van der Waals surface area (Å²) in [6.45, 7) is 0.379. The van der Waals surface area contributed by atoms with Gasteiger partial charge < -0.3 is 0 Å². The van der Waals surface area contributed by atoms with Gasteiger partial charge in [-0.15, -0.1) is 22.7 Å². The van der Waals surface area contributed by atoms with E-state index in [2.05, 4.69) is 26.7 Å². The van der Waals surface area contributed by atoms with Crippen LogP contribution in [0.25, 0.3) is 0 Å². The normalized spacial score (nSPS) is 14.8. The summed E-state index contributed by atoms with van der Waals surface area (Å²) >= 11 is 6.21. The zero-order valence-electron chi connectivity index (χ0n) is 9.98. The second-order valence-corrected chi connectivity index (χ2v) is 9.35. The quantitative estimate of drug-likeness (QED) is 0.885. The van der Waals surface area contributed by atoms with Crippen molar-refractivity contribution in [2.45, 2.75) is 30.0 Å². The zero-order chi connectivity index (χ0) is 13.5. The van der Waals surface area contributed by atoms with Crippen LogP contribution in [-0.4, -0.2) is 8.42 Å². The number of aryl methyl sites for hydroxylation is 2. The van der Waals surface area contributed by atoms with E-state index in [1.54, 1.807) is 22.8 Å². The minimum absolute atomic E-state index is 0.344. The minimum Gasteiger partial charge on any atom is -0.206 e. The van der Waals surface area contributed by atoms with Gasteiger partial charge in [0.2, 0.25) is 0 Å². The van der Waals surface area contributed by atoms with Gasteiger partial charge >= 0.3 is 0 Å².